The summed E-state index contributed by atoms with van der Waals surface area (Å²) in [7, 11) is 0. The molecule has 1 fully saturated rings. The minimum Gasteiger partial charge on any atom is -0.333 e. The quantitative estimate of drug-likeness (QED) is 0.871. The lowest BCUT2D eigenvalue weighted by atomic mass is 10.0. The predicted molar refractivity (Wildman–Crippen MR) is 83.0 cm³/mol. The molecule has 1 aliphatic heterocycles. The Labute approximate surface area is 128 Å². The van der Waals surface area contributed by atoms with Crippen molar-refractivity contribution in [3.05, 3.63) is 46.7 Å². The zero-order chi connectivity index (χ0) is 14.5. The fourth-order valence-electron chi connectivity index (χ4n) is 2.81. The third kappa shape index (κ3) is 3.47. The van der Waals surface area contributed by atoms with E-state index < -0.39 is 0 Å². The molecule has 2 aromatic rings. The van der Waals surface area contributed by atoms with E-state index in [0.29, 0.717) is 12.8 Å². The first-order chi connectivity index (χ1) is 10.3. The van der Waals surface area contributed by atoms with Crippen molar-refractivity contribution in [3.63, 3.8) is 0 Å². The summed E-state index contributed by atoms with van der Waals surface area (Å²) in [5.74, 6) is 0.223. The minimum absolute atomic E-state index is 0.176. The number of carbonyl (C=O) groups is 1. The highest BCUT2D eigenvalue weighted by Crippen LogP contribution is 2.32. The molecule has 0 saturated carbocycles. The summed E-state index contributed by atoms with van der Waals surface area (Å²) in [4.78, 5) is 23.3. The van der Waals surface area contributed by atoms with Crippen LogP contribution in [0.2, 0.25) is 0 Å². The van der Waals surface area contributed by atoms with Crippen LogP contribution in [-0.4, -0.2) is 27.3 Å². The average Bonchev–Trinajstić information content (AvgIpc) is 3.08. The highest BCUT2D eigenvalue weighted by molar-refractivity contribution is 7.09. The number of piperidine rings is 1. The van der Waals surface area contributed by atoms with E-state index in [1.807, 2.05) is 34.7 Å². The van der Waals surface area contributed by atoms with Gasteiger partial charge in [-0.25, -0.2) is 4.98 Å². The van der Waals surface area contributed by atoms with Crippen molar-refractivity contribution in [1.29, 1.82) is 0 Å². The van der Waals surface area contributed by atoms with Gasteiger partial charge in [-0.3, -0.25) is 9.78 Å². The molecule has 0 spiro atoms. The molecule has 1 unspecified atom stereocenters. The van der Waals surface area contributed by atoms with Crippen molar-refractivity contribution in [2.45, 2.75) is 38.1 Å². The van der Waals surface area contributed by atoms with Gasteiger partial charge in [-0.2, -0.15) is 0 Å². The van der Waals surface area contributed by atoms with Gasteiger partial charge in [0.25, 0.3) is 0 Å². The van der Waals surface area contributed by atoms with E-state index in [1.54, 1.807) is 17.5 Å². The molecule has 0 radical (unpaired) electrons. The van der Waals surface area contributed by atoms with Crippen LogP contribution in [0, 0.1) is 0 Å². The molecule has 0 aromatic carbocycles. The Morgan fingerprint density at radius 3 is 3.00 bits per heavy atom. The second-order valence-corrected chi connectivity index (χ2v) is 6.22. The molecule has 1 amide bonds. The number of hydrogen-bond donors (Lipinski definition) is 0. The van der Waals surface area contributed by atoms with Gasteiger partial charge in [-0.15, -0.1) is 11.3 Å². The molecule has 1 saturated heterocycles. The van der Waals surface area contributed by atoms with Crippen molar-refractivity contribution in [2.24, 2.45) is 0 Å². The average molecular weight is 301 g/mol. The second-order valence-electron chi connectivity index (χ2n) is 5.29. The number of pyridine rings is 1. The molecule has 5 heteroatoms. The van der Waals surface area contributed by atoms with Crippen LogP contribution < -0.4 is 0 Å². The molecule has 4 nitrogen and oxygen atoms in total. The molecular formula is C16H19N3OS. The van der Waals surface area contributed by atoms with Gasteiger partial charge in [-0.1, -0.05) is 6.07 Å². The number of thiazole rings is 1. The number of amides is 1. The van der Waals surface area contributed by atoms with Crippen molar-refractivity contribution in [1.82, 2.24) is 14.9 Å². The lowest BCUT2D eigenvalue weighted by Crippen LogP contribution is -2.38. The smallest absolute Gasteiger partial charge is 0.223 e. The Balaban J connectivity index is 1.64. The number of rotatable bonds is 4. The fraction of sp³-hybridized carbons (Fsp3) is 0.438. The maximum atomic E-state index is 12.6. The maximum Gasteiger partial charge on any atom is 0.223 e. The van der Waals surface area contributed by atoms with Crippen LogP contribution >= 0.6 is 11.3 Å². The van der Waals surface area contributed by atoms with Crippen molar-refractivity contribution < 1.29 is 4.79 Å². The number of aromatic nitrogens is 2. The zero-order valence-electron chi connectivity index (χ0n) is 11.9. The highest BCUT2D eigenvalue weighted by Gasteiger charge is 2.29. The minimum atomic E-state index is 0.176. The molecule has 1 atom stereocenters. The van der Waals surface area contributed by atoms with E-state index in [4.69, 9.17) is 0 Å². The van der Waals surface area contributed by atoms with Gasteiger partial charge in [0.2, 0.25) is 5.91 Å². The van der Waals surface area contributed by atoms with Crippen LogP contribution in [0.1, 0.15) is 42.4 Å². The van der Waals surface area contributed by atoms with Gasteiger partial charge in [-0.05, 0) is 37.8 Å². The molecule has 2 aromatic heterocycles. The summed E-state index contributed by atoms with van der Waals surface area (Å²) in [6.07, 6.45) is 8.14. The van der Waals surface area contributed by atoms with E-state index in [1.165, 1.54) is 6.42 Å². The van der Waals surface area contributed by atoms with Crippen LogP contribution in [0.5, 0.6) is 0 Å². The van der Waals surface area contributed by atoms with E-state index >= 15 is 0 Å². The van der Waals surface area contributed by atoms with Crippen molar-refractivity contribution >= 4 is 17.2 Å². The van der Waals surface area contributed by atoms with Crippen LogP contribution in [0.3, 0.4) is 0 Å². The first-order valence-electron chi connectivity index (χ1n) is 7.43. The standard InChI is InChI=1S/C16H19N3OS/c20-15(8-7-13-5-1-3-9-17-13)19-11-4-2-6-14(19)16-18-10-12-21-16/h1,3,5,9-10,12,14H,2,4,6-8,11H2. The van der Waals surface area contributed by atoms with Crippen LogP contribution in [0.25, 0.3) is 0 Å². The van der Waals surface area contributed by atoms with Crippen LogP contribution in [0.15, 0.2) is 36.0 Å². The number of aryl methyl sites for hydroxylation is 1. The van der Waals surface area contributed by atoms with Crippen molar-refractivity contribution in [2.75, 3.05) is 6.54 Å². The zero-order valence-corrected chi connectivity index (χ0v) is 12.8. The van der Waals surface area contributed by atoms with Crippen LogP contribution in [0.4, 0.5) is 0 Å². The Morgan fingerprint density at radius 2 is 2.24 bits per heavy atom. The van der Waals surface area contributed by atoms with Gasteiger partial charge in [0.15, 0.2) is 0 Å². The van der Waals surface area contributed by atoms with E-state index in [0.717, 1.165) is 30.1 Å². The Morgan fingerprint density at radius 1 is 1.29 bits per heavy atom. The second kappa shape index (κ2) is 6.80. The number of carbonyl (C=O) groups excluding carboxylic acids is 1. The molecule has 21 heavy (non-hydrogen) atoms. The summed E-state index contributed by atoms with van der Waals surface area (Å²) in [6, 6.07) is 6.01. The van der Waals surface area contributed by atoms with Gasteiger partial charge in [0.1, 0.15) is 5.01 Å². The first-order valence-corrected chi connectivity index (χ1v) is 8.31. The van der Waals surface area contributed by atoms with E-state index in [2.05, 4.69) is 9.97 Å². The highest BCUT2D eigenvalue weighted by atomic mass is 32.1. The number of nitrogens with zero attached hydrogens (tertiary/aromatic N) is 3. The molecule has 0 aliphatic carbocycles. The number of hydrogen-bond acceptors (Lipinski definition) is 4. The van der Waals surface area contributed by atoms with E-state index in [-0.39, 0.29) is 11.9 Å². The van der Waals surface area contributed by atoms with Gasteiger partial charge < -0.3 is 4.90 Å². The monoisotopic (exact) mass is 301 g/mol. The summed E-state index contributed by atoms with van der Waals surface area (Å²) < 4.78 is 0. The SMILES string of the molecule is O=C(CCc1ccccn1)N1CCCCC1c1nccs1. The lowest BCUT2D eigenvalue weighted by Gasteiger charge is -2.34. The third-order valence-corrected chi connectivity index (χ3v) is 4.76. The largest absolute Gasteiger partial charge is 0.333 e. The number of likely N-dealkylation sites (tertiary alicyclic amines) is 1. The topological polar surface area (TPSA) is 46.1 Å². The Bertz CT molecular complexity index is 570. The van der Waals surface area contributed by atoms with Gasteiger partial charge in [0, 0.05) is 36.4 Å². The first kappa shape index (κ1) is 14.2. The van der Waals surface area contributed by atoms with Gasteiger partial charge in [0.05, 0.1) is 6.04 Å². The molecule has 1 aliphatic rings. The van der Waals surface area contributed by atoms with Gasteiger partial charge >= 0.3 is 0 Å². The summed E-state index contributed by atoms with van der Waals surface area (Å²) in [6.45, 7) is 0.852. The normalized spacial score (nSPS) is 18.7. The maximum absolute atomic E-state index is 12.6. The molecular weight excluding hydrogens is 282 g/mol. The molecule has 0 N–H and O–H groups in total. The lowest BCUT2D eigenvalue weighted by molar-refractivity contribution is -0.135. The molecule has 110 valence electrons. The molecule has 0 bridgehead atoms. The molecule has 3 rings (SSSR count). The Kier molecular flexibility index (Phi) is 4.60. The predicted octanol–water partition coefficient (Wildman–Crippen LogP) is 3.22. The van der Waals surface area contributed by atoms with E-state index in [9.17, 15) is 4.79 Å². The summed E-state index contributed by atoms with van der Waals surface area (Å²) in [5, 5.41) is 3.06. The Hall–Kier alpha value is -1.75. The summed E-state index contributed by atoms with van der Waals surface area (Å²) >= 11 is 1.65. The van der Waals surface area contributed by atoms with Crippen LogP contribution in [-0.2, 0) is 11.2 Å². The van der Waals surface area contributed by atoms with Crippen molar-refractivity contribution in [3.8, 4) is 0 Å². The third-order valence-electron chi connectivity index (χ3n) is 3.88. The fourth-order valence-corrected chi connectivity index (χ4v) is 3.60. The summed E-state index contributed by atoms with van der Waals surface area (Å²) in [5.41, 5.74) is 0.980. The molecule has 3 heterocycles.